The van der Waals surface area contributed by atoms with Crippen LogP contribution in [0.4, 0.5) is 0 Å². The number of epoxide rings is 1. The molecule has 0 spiro atoms. The van der Waals surface area contributed by atoms with Crippen LogP contribution in [0.3, 0.4) is 0 Å². The molecule has 0 aliphatic carbocycles. The minimum Gasteiger partial charge on any atom is -0.382 e. The largest absolute Gasteiger partial charge is 0.382 e. The number of benzene rings is 1. The predicted molar refractivity (Wildman–Crippen MR) is 142 cm³/mol. The number of ether oxygens (including phenoxy) is 2. The lowest BCUT2D eigenvalue weighted by Gasteiger charge is -2.26. The Labute approximate surface area is 228 Å². The Morgan fingerprint density at radius 2 is 1.67 bits per heavy atom. The molecule has 212 valence electrons. The van der Waals surface area contributed by atoms with Crippen molar-refractivity contribution in [1.82, 2.24) is 21.1 Å². The van der Waals surface area contributed by atoms with Crippen molar-refractivity contribution in [3.05, 3.63) is 53.4 Å². The van der Waals surface area contributed by atoms with Crippen LogP contribution in [-0.2, 0) is 36.7 Å². The van der Waals surface area contributed by atoms with Gasteiger partial charge < -0.3 is 29.9 Å². The maximum Gasteiger partial charge on any atom is 0.274 e. The Hall–Kier alpha value is -3.57. The number of nitrogens with one attached hydrogen (secondary N) is 3. The molecular weight excluding hydrogens is 504 g/mol. The molecule has 0 radical (unpaired) electrons. The molecule has 1 fully saturated rings. The second-order valence-electron chi connectivity index (χ2n) is 10.3. The standard InChI is InChI=1S/C28H38N4O7/c1-6-19-14-22(32-39-19)26(35)31-23(15-37-5)27(36)30-21(13-18-10-8-7-9-11-18)25(34)29-20(12-17(2)3)24(33)28(4)16-38-28/h7-11,14,17,20-21,23H,6,12-13,15-16H2,1-5H3,(H,29,34)(H,30,36)(H,31,35)/t20?,21-,23?,28+/m0/s1. The number of hydrogen-bond donors (Lipinski definition) is 3. The van der Waals surface area contributed by atoms with E-state index in [4.69, 9.17) is 14.0 Å². The van der Waals surface area contributed by atoms with E-state index in [1.165, 1.54) is 13.2 Å². The quantitative estimate of drug-likeness (QED) is 0.287. The first-order chi connectivity index (χ1) is 18.6. The fourth-order valence-corrected chi connectivity index (χ4v) is 4.09. The number of rotatable bonds is 15. The van der Waals surface area contributed by atoms with Crippen molar-refractivity contribution < 1.29 is 33.2 Å². The first kappa shape index (κ1) is 30.0. The van der Waals surface area contributed by atoms with Gasteiger partial charge in [-0.05, 0) is 24.8 Å². The maximum absolute atomic E-state index is 13.5. The van der Waals surface area contributed by atoms with Crippen molar-refractivity contribution in [1.29, 1.82) is 0 Å². The van der Waals surface area contributed by atoms with Crippen LogP contribution >= 0.6 is 0 Å². The van der Waals surface area contributed by atoms with Gasteiger partial charge in [-0.2, -0.15) is 0 Å². The molecule has 4 atom stereocenters. The zero-order valence-electron chi connectivity index (χ0n) is 23.1. The fraction of sp³-hybridized carbons (Fsp3) is 0.536. The van der Waals surface area contributed by atoms with E-state index < -0.39 is 41.4 Å². The minimum atomic E-state index is -1.11. The normalized spacial score (nSPS) is 18.6. The van der Waals surface area contributed by atoms with E-state index in [9.17, 15) is 19.2 Å². The Morgan fingerprint density at radius 1 is 1.03 bits per heavy atom. The van der Waals surface area contributed by atoms with E-state index in [-0.39, 0.29) is 30.4 Å². The molecule has 2 unspecified atom stereocenters. The molecule has 1 aromatic heterocycles. The van der Waals surface area contributed by atoms with Gasteiger partial charge in [0.05, 0.1) is 19.3 Å². The molecule has 1 aliphatic rings. The van der Waals surface area contributed by atoms with Crippen LogP contribution in [0.5, 0.6) is 0 Å². The first-order valence-corrected chi connectivity index (χ1v) is 13.1. The lowest BCUT2D eigenvalue weighted by Crippen LogP contribution is -2.58. The van der Waals surface area contributed by atoms with E-state index in [1.807, 2.05) is 51.1 Å². The highest BCUT2D eigenvalue weighted by Crippen LogP contribution is 2.29. The maximum atomic E-state index is 13.5. The summed E-state index contributed by atoms with van der Waals surface area (Å²) < 4.78 is 15.6. The zero-order chi connectivity index (χ0) is 28.6. The van der Waals surface area contributed by atoms with E-state index in [1.54, 1.807) is 6.92 Å². The molecule has 3 amide bonds. The molecule has 2 heterocycles. The monoisotopic (exact) mass is 542 g/mol. The highest BCUT2D eigenvalue weighted by Gasteiger charge is 2.50. The number of amides is 3. The first-order valence-electron chi connectivity index (χ1n) is 13.1. The van der Waals surface area contributed by atoms with Gasteiger partial charge >= 0.3 is 0 Å². The highest BCUT2D eigenvalue weighted by molar-refractivity contribution is 5.99. The van der Waals surface area contributed by atoms with Crippen LogP contribution in [-0.4, -0.2) is 72.7 Å². The van der Waals surface area contributed by atoms with Gasteiger partial charge in [0.2, 0.25) is 11.8 Å². The van der Waals surface area contributed by atoms with E-state index in [2.05, 4.69) is 21.1 Å². The summed E-state index contributed by atoms with van der Waals surface area (Å²) in [6, 6.07) is 7.79. The van der Waals surface area contributed by atoms with Crippen molar-refractivity contribution in [2.75, 3.05) is 20.3 Å². The fourth-order valence-electron chi connectivity index (χ4n) is 4.09. The Morgan fingerprint density at radius 3 is 2.23 bits per heavy atom. The summed E-state index contributed by atoms with van der Waals surface area (Å²) in [6.45, 7) is 7.65. The minimum absolute atomic E-state index is 0.0326. The van der Waals surface area contributed by atoms with Crippen molar-refractivity contribution in [2.45, 2.75) is 70.7 Å². The van der Waals surface area contributed by atoms with Crippen molar-refractivity contribution >= 4 is 23.5 Å². The van der Waals surface area contributed by atoms with Gasteiger partial charge in [0.25, 0.3) is 5.91 Å². The third-order valence-corrected chi connectivity index (χ3v) is 6.45. The summed E-state index contributed by atoms with van der Waals surface area (Å²) in [5.74, 6) is -1.28. The van der Waals surface area contributed by atoms with Gasteiger partial charge in [-0.3, -0.25) is 19.2 Å². The zero-order valence-corrected chi connectivity index (χ0v) is 23.1. The number of hydrogen-bond acceptors (Lipinski definition) is 8. The lowest BCUT2D eigenvalue weighted by atomic mass is 9.93. The van der Waals surface area contributed by atoms with Gasteiger partial charge in [0, 0.05) is 26.0 Å². The number of aryl methyl sites for hydroxylation is 1. The summed E-state index contributed by atoms with van der Waals surface area (Å²) in [7, 11) is 1.40. The average molecular weight is 543 g/mol. The summed E-state index contributed by atoms with van der Waals surface area (Å²) >= 11 is 0. The Bertz CT molecular complexity index is 1140. The molecule has 39 heavy (non-hydrogen) atoms. The molecular formula is C28H38N4O7. The SMILES string of the molecule is CCc1cc(C(=O)NC(COC)C(=O)N[C@@H](Cc2ccccc2)C(=O)NC(CC(C)C)C(=O)[C@@]2(C)CO2)no1. The number of Topliss-reactive ketones (excluding diaryl/α,β-unsaturated/α-hetero) is 1. The van der Waals surface area contributed by atoms with Crippen LogP contribution in [0.25, 0.3) is 0 Å². The van der Waals surface area contributed by atoms with Gasteiger partial charge in [0.15, 0.2) is 11.5 Å². The number of carbonyl (C=O) groups is 4. The molecule has 0 saturated carbocycles. The number of carbonyl (C=O) groups excluding carboxylic acids is 4. The molecule has 1 aromatic carbocycles. The number of nitrogens with zero attached hydrogens (tertiary/aromatic N) is 1. The lowest BCUT2D eigenvalue weighted by molar-refractivity contribution is -0.133. The van der Waals surface area contributed by atoms with Gasteiger partial charge in [-0.1, -0.05) is 56.3 Å². The third kappa shape index (κ3) is 8.46. The van der Waals surface area contributed by atoms with Crippen molar-refractivity contribution in [3.8, 4) is 0 Å². The van der Waals surface area contributed by atoms with Crippen LogP contribution in [0, 0.1) is 5.92 Å². The van der Waals surface area contributed by atoms with Gasteiger partial charge in [0.1, 0.15) is 23.4 Å². The Kier molecular flexibility index (Phi) is 10.4. The third-order valence-electron chi connectivity index (χ3n) is 6.45. The number of methoxy groups -OCH3 is 1. The van der Waals surface area contributed by atoms with Crippen LogP contribution in [0.2, 0.25) is 0 Å². The highest BCUT2D eigenvalue weighted by atomic mass is 16.6. The van der Waals surface area contributed by atoms with Gasteiger partial charge in [-0.15, -0.1) is 0 Å². The molecule has 3 N–H and O–H groups in total. The number of ketones is 1. The smallest absolute Gasteiger partial charge is 0.274 e. The van der Waals surface area contributed by atoms with E-state index in [0.29, 0.717) is 25.2 Å². The molecule has 0 bridgehead atoms. The van der Waals surface area contributed by atoms with Gasteiger partial charge in [-0.25, -0.2) is 0 Å². The molecule has 3 rings (SSSR count). The molecule has 11 nitrogen and oxygen atoms in total. The van der Waals surface area contributed by atoms with E-state index in [0.717, 1.165) is 5.56 Å². The van der Waals surface area contributed by atoms with Crippen LogP contribution in [0.1, 0.15) is 55.9 Å². The van der Waals surface area contributed by atoms with Crippen LogP contribution in [0.15, 0.2) is 40.9 Å². The van der Waals surface area contributed by atoms with Crippen molar-refractivity contribution in [2.24, 2.45) is 5.92 Å². The molecule has 1 aliphatic heterocycles. The Balaban J connectivity index is 1.77. The summed E-state index contributed by atoms with van der Waals surface area (Å²) in [5, 5.41) is 11.9. The molecule has 11 heteroatoms. The van der Waals surface area contributed by atoms with E-state index >= 15 is 0 Å². The summed E-state index contributed by atoms with van der Waals surface area (Å²) in [6.07, 6.45) is 1.16. The predicted octanol–water partition coefficient (Wildman–Crippen LogP) is 1.60. The summed E-state index contributed by atoms with van der Waals surface area (Å²) in [4.78, 5) is 52.6. The second kappa shape index (κ2) is 13.5. The van der Waals surface area contributed by atoms with Crippen molar-refractivity contribution in [3.63, 3.8) is 0 Å². The number of aromatic nitrogens is 1. The summed E-state index contributed by atoms with van der Waals surface area (Å²) in [5.41, 5.74) is -0.0632. The molecule has 1 saturated heterocycles. The molecule has 2 aromatic rings. The average Bonchev–Trinajstić information content (AvgIpc) is 3.47. The van der Waals surface area contributed by atoms with Crippen LogP contribution < -0.4 is 16.0 Å². The second-order valence-corrected chi connectivity index (χ2v) is 10.3. The topological polar surface area (TPSA) is 152 Å².